The number of benzene rings is 1. The first-order valence-corrected chi connectivity index (χ1v) is 11.8. The lowest BCUT2D eigenvalue weighted by Gasteiger charge is -2.33. The normalized spacial score (nSPS) is 13.4. The first-order chi connectivity index (χ1) is 17.0. The molecule has 0 atom stereocenters. The van der Waals surface area contributed by atoms with Crippen LogP contribution in [0.25, 0.3) is 0 Å². The van der Waals surface area contributed by atoms with Gasteiger partial charge in [-0.3, -0.25) is 9.78 Å². The van der Waals surface area contributed by atoms with E-state index in [-0.39, 0.29) is 11.9 Å². The highest BCUT2D eigenvalue weighted by molar-refractivity contribution is 6.30. The Morgan fingerprint density at radius 1 is 1.09 bits per heavy atom. The topological polar surface area (TPSA) is 113 Å². The van der Waals surface area contributed by atoms with Crippen molar-refractivity contribution in [3.8, 4) is 0 Å². The number of ether oxygens (including phenoxy) is 1. The molecular formula is C24H27ClN6O4. The second-order valence-electron chi connectivity index (χ2n) is 7.96. The predicted molar refractivity (Wildman–Crippen MR) is 133 cm³/mol. The molecule has 1 saturated heterocycles. The van der Waals surface area contributed by atoms with E-state index in [0.717, 1.165) is 18.5 Å². The summed E-state index contributed by atoms with van der Waals surface area (Å²) in [5.41, 5.74) is 1.95. The molecule has 0 aliphatic carbocycles. The predicted octanol–water partition coefficient (Wildman–Crippen LogP) is 4.78. The van der Waals surface area contributed by atoms with Gasteiger partial charge in [0.15, 0.2) is 0 Å². The van der Waals surface area contributed by atoms with Gasteiger partial charge in [-0.25, -0.2) is 9.78 Å². The summed E-state index contributed by atoms with van der Waals surface area (Å²) >= 11 is 5.95. The van der Waals surface area contributed by atoms with E-state index in [9.17, 15) is 9.59 Å². The highest BCUT2D eigenvalue weighted by atomic mass is 35.5. The van der Waals surface area contributed by atoms with Gasteiger partial charge in [-0.1, -0.05) is 24.9 Å². The summed E-state index contributed by atoms with van der Waals surface area (Å²) in [4.78, 5) is 36.9. The van der Waals surface area contributed by atoms with Gasteiger partial charge in [0.25, 0.3) is 11.9 Å². The summed E-state index contributed by atoms with van der Waals surface area (Å²) in [6.45, 7) is 4.53. The Bertz CT molecular complexity index is 1140. The van der Waals surface area contributed by atoms with Gasteiger partial charge in [-0.2, -0.15) is 0 Å². The van der Waals surface area contributed by atoms with Crippen molar-refractivity contribution in [2.75, 3.05) is 48.3 Å². The highest BCUT2D eigenvalue weighted by Crippen LogP contribution is 2.26. The first-order valence-electron chi connectivity index (χ1n) is 11.4. The average Bonchev–Trinajstić information content (AvgIpc) is 3.37. The zero-order valence-electron chi connectivity index (χ0n) is 19.4. The van der Waals surface area contributed by atoms with E-state index in [1.807, 2.05) is 24.0 Å². The van der Waals surface area contributed by atoms with Crippen molar-refractivity contribution in [1.29, 1.82) is 0 Å². The molecule has 3 aromatic rings. The molecule has 2 aromatic heterocycles. The smallest absolute Gasteiger partial charge is 0.409 e. The standard InChI is InChI=1S/C24H27ClN6O4/c1-2-3-14-34-24(33)31-12-10-30(11-13-31)23-27-16-21(35-23)22(32)29-19-8-9-26-15-20(19)28-18-6-4-17(25)5-7-18/h4-9,15-16,28H,2-3,10-14H2,1H3,(H,26,29,32). The van der Waals surface area contributed by atoms with Gasteiger partial charge >= 0.3 is 6.09 Å². The van der Waals surface area contributed by atoms with E-state index in [2.05, 4.69) is 20.6 Å². The molecule has 0 saturated carbocycles. The Kier molecular flexibility index (Phi) is 8.04. The Morgan fingerprint density at radius 2 is 1.86 bits per heavy atom. The quantitative estimate of drug-likeness (QED) is 0.427. The van der Waals surface area contributed by atoms with Crippen LogP contribution < -0.4 is 15.5 Å². The molecule has 184 valence electrons. The number of piperazine rings is 1. The minimum Gasteiger partial charge on any atom is -0.449 e. The fourth-order valence-corrected chi connectivity index (χ4v) is 3.59. The molecule has 4 rings (SSSR count). The van der Waals surface area contributed by atoms with Crippen LogP contribution in [0.5, 0.6) is 0 Å². The molecule has 2 amide bonds. The number of oxazole rings is 1. The number of aromatic nitrogens is 2. The van der Waals surface area contributed by atoms with Crippen LogP contribution in [0.1, 0.15) is 30.3 Å². The summed E-state index contributed by atoms with van der Waals surface area (Å²) in [5.74, 6) is -0.358. The van der Waals surface area contributed by atoms with Crippen LogP contribution in [0.15, 0.2) is 53.3 Å². The van der Waals surface area contributed by atoms with Gasteiger partial charge in [0.1, 0.15) is 0 Å². The largest absolute Gasteiger partial charge is 0.449 e. The lowest BCUT2D eigenvalue weighted by Crippen LogP contribution is -2.49. The molecule has 10 nitrogen and oxygen atoms in total. The molecule has 0 spiro atoms. The maximum absolute atomic E-state index is 12.8. The number of halogens is 1. The maximum Gasteiger partial charge on any atom is 0.409 e. The average molecular weight is 499 g/mol. The number of anilines is 4. The zero-order chi connectivity index (χ0) is 24.6. The molecule has 0 unspecified atom stereocenters. The Hall–Kier alpha value is -3.79. The van der Waals surface area contributed by atoms with E-state index >= 15 is 0 Å². The van der Waals surface area contributed by atoms with E-state index in [1.54, 1.807) is 35.5 Å². The van der Waals surface area contributed by atoms with Gasteiger partial charge in [0.2, 0.25) is 5.76 Å². The number of carbonyl (C=O) groups excluding carboxylic acids is 2. The summed E-state index contributed by atoms with van der Waals surface area (Å²) in [5, 5.41) is 6.67. The molecule has 11 heteroatoms. The van der Waals surface area contributed by atoms with Crippen molar-refractivity contribution in [3.05, 3.63) is 59.7 Å². The van der Waals surface area contributed by atoms with Gasteiger partial charge in [0, 0.05) is 43.1 Å². The number of nitrogens with one attached hydrogen (secondary N) is 2. The molecule has 35 heavy (non-hydrogen) atoms. The molecule has 1 aliphatic heterocycles. The van der Waals surface area contributed by atoms with Crippen molar-refractivity contribution in [2.24, 2.45) is 0 Å². The van der Waals surface area contributed by atoms with Gasteiger partial charge < -0.3 is 29.6 Å². The number of nitrogens with zero attached hydrogens (tertiary/aromatic N) is 4. The van der Waals surface area contributed by atoms with Crippen molar-refractivity contribution in [1.82, 2.24) is 14.9 Å². The number of hydrogen-bond donors (Lipinski definition) is 2. The molecular weight excluding hydrogens is 472 g/mol. The van der Waals surface area contributed by atoms with Crippen LogP contribution >= 0.6 is 11.6 Å². The van der Waals surface area contributed by atoms with Crippen LogP contribution in [-0.2, 0) is 4.74 Å². The number of pyridine rings is 1. The molecule has 2 N–H and O–H groups in total. The molecule has 1 fully saturated rings. The van der Waals surface area contributed by atoms with E-state index in [4.69, 9.17) is 20.8 Å². The van der Waals surface area contributed by atoms with Gasteiger partial charge in [-0.15, -0.1) is 0 Å². The molecule has 0 bridgehead atoms. The first kappa shape index (κ1) is 24.3. The fourth-order valence-electron chi connectivity index (χ4n) is 3.47. The van der Waals surface area contributed by atoms with Crippen molar-refractivity contribution in [3.63, 3.8) is 0 Å². The van der Waals surface area contributed by atoms with Gasteiger partial charge in [-0.05, 0) is 36.8 Å². The van der Waals surface area contributed by atoms with E-state index in [1.165, 1.54) is 6.20 Å². The summed E-state index contributed by atoms with van der Waals surface area (Å²) in [6.07, 6.45) is 6.12. The molecule has 1 aromatic carbocycles. The molecule has 1 aliphatic rings. The van der Waals surface area contributed by atoms with Crippen LogP contribution in [0.4, 0.5) is 27.9 Å². The Morgan fingerprint density at radius 3 is 2.60 bits per heavy atom. The Labute approximate surface area is 208 Å². The van der Waals surface area contributed by atoms with E-state index in [0.29, 0.717) is 55.2 Å². The van der Waals surface area contributed by atoms with Crippen LogP contribution in [0.2, 0.25) is 5.02 Å². The third-order valence-corrected chi connectivity index (χ3v) is 5.69. The monoisotopic (exact) mass is 498 g/mol. The summed E-state index contributed by atoms with van der Waals surface area (Å²) in [7, 11) is 0. The number of amides is 2. The fraction of sp³-hybridized carbons (Fsp3) is 0.333. The maximum atomic E-state index is 12.8. The Balaban J connectivity index is 1.34. The third-order valence-electron chi connectivity index (χ3n) is 5.44. The van der Waals surface area contributed by atoms with Crippen molar-refractivity contribution in [2.45, 2.75) is 19.8 Å². The lowest BCUT2D eigenvalue weighted by atomic mass is 10.2. The SMILES string of the molecule is CCCCOC(=O)N1CCN(c2ncc(C(=O)Nc3ccncc3Nc3ccc(Cl)cc3)o2)CC1. The third kappa shape index (κ3) is 6.42. The number of rotatable bonds is 8. The zero-order valence-corrected chi connectivity index (χ0v) is 20.1. The van der Waals surface area contributed by atoms with Crippen LogP contribution in [-0.4, -0.2) is 59.7 Å². The number of carbonyl (C=O) groups is 2. The van der Waals surface area contributed by atoms with Crippen LogP contribution in [0, 0.1) is 0 Å². The highest BCUT2D eigenvalue weighted by Gasteiger charge is 2.25. The second kappa shape index (κ2) is 11.6. The summed E-state index contributed by atoms with van der Waals surface area (Å²) in [6, 6.07) is 9.21. The minimum atomic E-state index is -0.438. The van der Waals surface area contributed by atoms with Gasteiger partial charge in [0.05, 0.1) is 30.4 Å². The number of unbranched alkanes of at least 4 members (excludes halogenated alkanes) is 1. The van der Waals surface area contributed by atoms with Crippen molar-refractivity contribution < 1.29 is 18.7 Å². The van der Waals surface area contributed by atoms with E-state index < -0.39 is 5.91 Å². The number of hydrogen-bond acceptors (Lipinski definition) is 8. The summed E-state index contributed by atoms with van der Waals surface area (Å²) < 4.78 is 11.0. The minimum absolute atomic E-state index is 0.0793. The molecule has 3 heterocycles. The second-order valence-corrected chi connectivity index (χ2v) is 8.39. The molecule has 0 radical (unpaired) electrons. The lowest BCUT2D eigenvalue weighted by molar-refractivity contribution is 0.0984. The van der Waals surface area contributed by atoms with Crippen molar-refractivity contribution >= 4 is 46.7 Å². The van der Waals surface area contributed by atoms with Crippen LogP contribution in [0.3, 0.4) is 0 Å².